The number of benzene rings is 2. The van der Waals surface area contributed by atoms with Crippen LogP contribution in [-0.4, -0.2) is 42.2 Å². The van der Waals surface area contributed by atoms with E-state index in [0.29, 0.717) is 12.2 Å². The predicted molar refractivity (Wildman–Crippen MR) is 125 cm³/mol. The molecule has 8 nitrogen and oxygen atoms in total. The van der Waals surface area contributed by atoms with E-state index in [9.17, 15) is 9.59 Å². The number of urea groups is 1. The van der Waals surface area contributed by atoms with E-state index in [4.69, 9.17) is 14.5 Å². The zero-order valence-corrected chi connectivity index (χ0v) is 19.0. The van der Waals surface area contributed by atoms with Crippen molar-refractivity contribution >= 4 is 23.0 Å². The molecule has 8 heteroatoms. The molecule has 3 aromatic rings. The van der Waals surface area contributed by atoms with Gasteiger partial charge in [0.15, 0.2) is 0 Å². The Morgan fingerprint density at radius 1 is 1.06 bits per heavy atom. The van der Waals surface area contributed by atoms with Gasteiger partial charge in [-0.25, -0.2) is 9.78 Å². The molecule has 33 heavy (non-hydrogen) atoms. The van der Waals surface area contributed by atoms with Crippen LogP contribution in [0.1, 0.15) is 43.1 Å². The molecule has 0 unspecified atom stereocenters. The largest absolute Gasteiger partial charge is 0.497 e. The summed E-state index contributed by atoms with van der Waals surface area (Å²) < 4.78 is 10.1. The number of imidazole rings is 1. The molecule has 2 aromatic carbocycles. The maximum Gasteiger partial charge on any atom is 0.315 e. The maximum atomic E-state index is 12.9. The van der Waals surface area contributed by atoms with Gasteiger partial charge in [0, 0.05) is 6.04 Å². The van der Waals surface area contributed by atoms with E-state index < -0.39 is 0 Å². The summed E-state index contributed by atoms with van der Waals surface area (Å²) >= 11 is 0. The number of ether oxygens (including phenoxy) is 2. The van der Waals surface area contributed by atoms with E-state index in [2.05, 4.69) is 15.6 Å². The van der Waals surface area contributed by atoms with Crippen LogP contribution in [0.25, 0.3) is 11.0 Å². The molecule has 1 saturated carbocycles. The van der Waals surface area contributed by atoms with Gasteiger partial charge in [-0.3, -0.25) is 4.79 Å². The molecule has 1 aliphatic rings. The first-order valence-corrected chi connectivity index (χ1v) is 11.3. The molecule has 0 aliphatic heterocycles. The summed E-state index contributed by atoms with van der Waals surface area (Å²) in [7, 11) is 3.05. The number of nitrogens with one attached hydrogen (secondary N) is 3. The minimum absolute atomic E-state index is 0.0308. The molecular weight excluding hydrogens is 420 g/mol. The number of aromatic amines is 1. The molecule has 1 heterocycles. The number of fused-ring (bicyclic) bond motifs is 1. The Kier molecular flexibility index (Phi) is 7.12. The third kappa shape index (κ3) is 5.63. The minimum Gasteiger partial charge on any atom is -0.497 e. The molecule has 174 valence electrons. The lowest BCUT2D eigenvalue weighted by Crippen LogP contribution is -2.45. The first-order chi connectivity index (χ1) is 16.1. The van der Waals surface area contributed by atoms with Gasteiger partial charge in [-0.15, -0.1) is 0 Å². The highest BCUT2D eigenvalue weighted by atomic mass is 16.5. The number of rotatable bonds is 7. The van der Waals surface area contributed by atoms with Crippen LogP contribution in [0.5, 0.6) is 5.75 Å². The van der Waals surface area contributed by atoms with Crippen molar-refractivity contribution in [1.82, 2.24) is 20.6 Å². The Bertz CT molecular complexity index is 1050. The molecule has 3 N–H and O–H groups in total. The van der Waals surface area contributed by atoms with Gasteiger partial charge in [0.2, 0.25) is 0 Å². The molecule has 4 rings (SSSR count). The van der Waals surface area contributed by atoms with Gasteiger partial charge in [0.05, 0.1) is 37.2 Å². The Balaban J connectivity index is 1.45. The van der Waals surface area contributed by atoms with E-state index in [1.807, 2.05) is 48.5 Å². The van der Waals surface area contributed by atoms with Crippen LogP contribution in [0.15, 0.2) is 48.5 Å². The second-order valence-electron chi connectivity index (χ2n) is 8.43. The summed E-state index contributed by atoms with van der Waals surface area (Å²) in [5.41, 5.74) is 2.84. The summed E-state index contributed by atoms with van der Waals surface area (Å²) in [6, 6.07) is 15.1. The van der Waals surface area contributed by atoms with E-state index in [1.54, 1.807) is 7.11 Å². The van der Waals surface area contributed by atoms with Gasteiger partial charge in [0.1, 0.15) is 11.6 Å². The lowest BCUT2D eigenvalue weighted by molar-refractivity contribution is -0.146. The van der Waals surface area contributed by atoms with Crippen molar-refractivity contribution in [1.29, 1.82) is 0 Å². The fourth-order valence-electron chi connectivity index (χ4n) is 4.38. The number of nitrogens with zero attached hydrogens (tertiary/aromatic N) is 1. The van der Waals surface area contributed by atoms with Crippen LogP contribution in [0.4, 0.5) is 4.79 Å². The van der Waals surface area contributed by atoms with Gasteiger partial charge >= 0.3 is 12.0 Å². The Hall–Kier alpha value is -3.55. The summed E-state index contributed by atoms with van der Waals surface area (Å²) in [5, 5.41) is 6.17. The normalized spacial score (nSPS) is 19.0. The van der Waals surface area contributed by atoms with Crippen LogP contribution in [-0.2, 0) is 16.0 Å². The highest BCUT2D eigenvalue weighted by molar-refractivity contribution is 5.77. The van der Waals surface area contributed by atoms with E-state index in [1.165, 1.54) is 7.11 Å². The highest BCUT2D eigenvalue weighted by Crippen LogP contribution is 2.26. The Morgan fingerprint density at radius 3 is 2.45 bits per heavy atom. The summed E-state index contributed by atoms with van der Waals surface area (Å²) in [6.45, 7) is 0. The Morgan fingerprint density at radius 2 is 1.79 bits per heavy atom. The smallest absolute Gasteiger partial charge is 0.315 e. The number of esters is 1. The van der Waals surface area contributed by atoms with Crippen molar-refractivity contribution in [2.75, 3.05) is 14.2 Å². The summed E-state index contributed by atoms with van der Waals surface area (Å²) in [5.74, 6) is 1.25. The standard InChI is InChI=1S/C25H30N4O4/c1-32-19-13-7-16(8-14-19)15-22(23-27-20-5-3-4-6-21(20)28-23)29-25(31)26-18-11-9-17(10-12-18)24(30)33-2/h3-8,13-14,17-18,22H,9-12,15H2,1-2H3,(H,27,28)(H2,26,29,31)/t17?,18?,22-/m1/s1. The first-order valence-electron chi connectivity index (χ1n) is 11.3. The van der Waals surface area contributed by atoms with Crippen molar-refractivity contribution in [3.8, 4) is 5.75 Å². The fraction of sp³-hybridized carbons (Fsp3) is 0.400. The van der Waals surface area contributed by atoms with Gasteiger partial charge < -0.3 is 25.1 Å². The van der Waals surface area contributed by atoms with E-state index >= 15 is 0 Å². The number of methoxy groups -OCH3 is 2. The highest BCUT2D eigenvalue weighted by Gasteiger charge is 2.28. The average Bonchev–Trinajstić information content (AvgIpc) is 3.28. The molecule has 0 spiro atoms. The second kappa shape index (κ2) is 10.4. The van der Waals surface area contributed by atoms with Gasteiger partial charge in [-0.2, -0.15) is 0 Å². The maximum absolute atomic E-state index is 12.9. The Labute approximate surface area is 193 Å². The van der Waals surface area contributed by atoms with Crippen molar-refractivity contribution in [2.45, 2.75) is 44.2 Å². The number of carbonyl (C=O) groups is 2. The SMILES string of the molecule is COC(=O)C1CCC(NC(=O)N[C@H](Cc2ccc(OC)cc2)c2nc3ccccc3[nH]2)CC1. The molecule has 1 aliphatic carbocycles. The molecule has 1 fully saturated rings. The average molecular weight is 451 g/mol. The van der Waals surface area contributed by atoms with Gasteiger partial charge in [-0.1, -0.05) is 24.3 Å². The molecule has 2 amide bonds. The van der Waals surface area contributed by atoms with Crippen LogP contribution in [0.3, 0.4) is 0 Å². The second-order valence-corrected chi connectivity index (χ2v) is 8.43. The van der Waals surface area contributed by atoms with Crippen LogP contribution in [0, 0.1) is 5.92 Å². The number of amides is 2. The molecule has 0 bridgehead atoms. The molecule has 0 saturated heterocycles. The number of hydrogen-bond donors (Lipinski definition) is 3. The molecule has 0 radical (unpaired) electrons. The minimum atomic E-state index is -0.336. The monoisotopic (exact) mass is 450 g/mol. The number of H-pyrrole nitrogens is 1. The molecular formula is C25H30N4O4. The van der Waals surface area contributed by atoms with Crippen molar-refractivity contribution in [3.63, 3.8) is 0 Å². The topological polar surface area (TPSA) is 105 Å². The quantitative estimate of drug-likeness (QED) is 0.474. The van der Waals surface area contributed by atoms with Gasteiger partial charge in [-0.05, 0) is 61.9 Å². The number of para-hydroxylation sites is 2. The molecule has 1 aromatic heterocycles. The van der Waals surface area contributed by atoms with Gasteiger partial charge in [0.25, 0.3) is 0 Å². The zero-order valence-electron chi connectivity index (χ0n) is 19.0. The van der Waals surface area contributed by atoms with Crippen molar-refractivity contribution in [3.05, 3.63) is 59.9 Å². The fourth-order valence-corrected chi connectivity index (χ4v) is 4.38. The lowest BCUT2D eigenvalue weighted by atomic mass is 9.86. The van der Waals surface area contributed by atoms with Crippen molar-refractivity contribution in [2.24, 2.45) is 5.92 Å². The summed E-state index contributed by atoms with van der Waals surface area (Å²) in [6.07, 6.45) is 3.52. The number of carbonyl (C=O) groups excluding carboxylic acids is 2. The van der Waals surface area contributed by atoms with Crippen LogP contribution >= 0.6 is 0 Å². The van der Waals surface area contributed by atoms with E-state index in [0.717, 1.165) is 48.0 Å². The van der Waals surface area contributed by atoms with Crippen LogP contribution < -0.4 is 15.4 Å². The molecule has 1 atom stereocenters. The van der Waals surface area contributed by atoms with E-state index in [-0.39, 0.29) is 30.0 Å². The zero-order chi connectivity index (χ0) is 23.2. The lowest BCUT2D eigenvalue weighted by Gasteiger charge is -2.28. The predicted octanol–water partition coefficient (Wildman–Crippen LogP) is 3.89. The third-order valence-electron chi connectivity index (χ3n) is 6.24. The van der Waals surface area contributed by atoms with Crippen molar-refractivity contribution < 1.29 is 19.1 Å². The van der Waals surface area contributed by atoms with Crippen LogP contribution in [0.2, 0.25) is 0 Å². The number of aromatic nitrogens is 2. The third-order valence-corrected chi connectivity index (χ3v) is 6.24. The summed E-state index contributed by atoms with van der Waals surface area (Å²) in [4.78, 5) is 32.7. The number of hydrogen-bond acceptors (Lipinski definition) is 5. The first kappa shape index (κ1) is 22.6.